The summed E-state index contributed by atoms with van der Waals surface area (Å²) < 4.78 is 26.4. The number of nitrogens with zero attached hydrogens (tertiary/aromatic N) is 2. The van der Waals surface area contributed by atoms with Gasteiger partial charge in [-0.3, -0.25) is 13.9 Å². The summed E-state index contributed by atoms with van der Waals surface area (Å²) in [6.07, 6.45) is 1.74. The summed E-state index contributed by atoms with van der Waals surface area (Å²) in [4.78, 5) is 28.3. The fraction of sp³-hybridized carbons (Fsp3) is 0.310. The van der Waals surface area contributed by atoms with Crippen LogP contribution in [0.3, 0.4) is 0 Å². The minimum absolute atomic E-state index is 0.0331. The lowest BCUT2D eigenvalue weighted by molar-refractivity contribution is -0.141. The summed E-state index contributed by atoms with van der Waals surface area (Å²) in [6.45, 7) is 2.10. The predicted molar refractivity (Wildman–Crippen MR) is 158 cm³/mol. The van der Waals surface area contributed by atoms with Gasteiger partial charge in [-0.25, -0.2) is 8.42 Å². The lowest BCUT2D eigenvalue weighted by Crippen LogP contribution is -2.49. The molecule has 0 fully saturated rings. The molecule has 3 aromatic rings. The zero-order valence-electron chi connectivity index (χ0n) is 22.2. The molecule has 0 heterocycles. The number of sulfonamides is 1. The zero-order valence-corrected chi connectivity index (χ0v) is 24.6. The van der Waals surface area contributed by atoms with E-state index in [1.54, 1.807) is 36.4 Å². The Kier molecular flexibility index (Phi) is 10.8. The maximum Gasteiger partial charge on any atom is 0.242 e. The molecule has 0 saturated heterocycles. The molecule has 0 aliphatic carbocycles. The van der Waals surface area contributed by atoms with E-state index < -0.39 is 16.1 Å². The van der Waals surface area contributed by atoms with Crippen molar-refractivity contribution in [3.63, 3.8) is 0 Å². The van der Waals surface area contributed by atoms with Crippen molar-refractivity contribution in [1.29, 1.82) is 0 Å². The van der Waals surface area contributed by atoms with Gasteiger partial charge in [0.25, 0.3) is 0 Å². The van der Waals surface area contributed by atoms with Crippen LogP contribution >= 0.6 is 23.2 Å². The third kappa shape index (κ3) is 8.71. The van der Waals surface area contributed by atoms with Crippen molar-refractivity contribution in [2.24, 2.45) is 0 Å². The molecule has 1 atom stereocenters. The largest absolute Gasteiger partial charge is 0.357 e. The molecule has 3 aromatic carbocycles. The highest BCUT2D eigenvalue weighted by molar-refractivity contribution is 7.92. The van der Waals surface area contributed by atoms with Crippen LogP contribution in [0.25, 0.3) is 0 Å². The van der Waals surface area contributed by atoms with Gasteiger partial charge in [0.15, 0.2) is 0 Å². The van der Waals surface area contributed by atoms with Crippen LogP contribution in [-0.4, -0.2) is 51.0 Å². The van der Waals surface area contributed by atoms with Crippen molar-refractivity contribution < 1.29 is 18.0 Å². The first-order valence-corrected chi connectivity index (χ1v) is 15.1. The van der Waals surface area contributed by atoms with Crippen LogP contribution in [-0.2, 0) is 32.6 Å². The molecule has 0 aliphatic heterocycles. The number of hydrogen-bond donors (Lipinski definition) is 1. The molecule has 0 aliphatic rings. The summed E-state index contributed by atoms with van der Waals surface area (Å²) in [6, 6.07) is 20.9. The molecule has 7 nitrogen and oxygen atoms in total. The van der Waals surface area contributed by atoms with Crippen molar-refractivity contribution in [2.45, 2.75) is 38.8 Å². The molecule has 0 bridgehead atoms. The van der Waals surface area contributed by atoms with Crippen LogP contribution in [0, 0.1) is 6.92 Å². The summed E-state index contributed by atoms with van der Waals surface area (Å²) in [5.41, 5.74) is 3.02. The molecule has 0 spiro atoms. The lowest BCUT2D eigenvalue weighted by Gasteiger charge is -2.32. The average molecular weight is 591 g/mol. The minimum atomic E-state index is -3.57. The van der Waals surface area contributed by atoms with Crippen molar-refractivity contribution in [2.75, 3.05) is 24.2 Å². The van der Waals surface area contributed by atoms with Crippen LogP contribution in [0.4, 0.5) is 5.69 Å². The molecule has 0 radical (unpaired) electrons. The van der Waals surface area contributed by atoms with Gasteiger partial charge in [-0.05, 0) is 54.3 Å². The summed E-state index contributed by atoms with van der Waals surface area (Å²) in [7, 11) is -2.04. The smallest absolute Gasteiger partial charge is 0.242 e. The van der Waals surface area contributed by atoms with Crippen LogP contribution in [0.1, 0.15) is 29.5 Å². The number of aryl methyl sites for hydroxylation is 1. The number of amides is 2. The van der Waals surface area contributed by atoms with Crippen LogP contribution < -0.4 is 9.62 Å². The van der Waals surface area contributed by atoms with E-state index in [9.17, 15) is 18.0 Å². The van der Waals surface area contributed by atoms with Gasteiger partial charge < -0.3 is 10.2 Å². The Bertz CT molecular complexity index is 1400. The number of benzene rings is 3. The highest BCUT2D eigenvalue weighted by Gasteiger charge is 2.30. The van der Waals surface area contributed by atoms with Gasteiger partial charge in [0.1, 0.15) is 6.04 Å². The Hall–Kier alpha value is -3.07. The predicted octanol–water partition coefficient (Wildman–Crippen LogP) is 5.23. The van der Waals surface area contributed by atoms with Gasteiger partial charge in [0, 0.05) is 43.0 Å². The summed E-state index contributed by atoms with van der Waals surface area (Å²) >= 11 is 12.5. The van der Waals surface area contributed by atoms with E-state index in [0.29, 0.717) is 27.7 Å². The fourth-order valence-corrected chi connectivity index (χ4v) is 5.77. The third-order valence-corrected chi connectivity index (χ3v) is 8.10. The van der Waals surface area contributed by atoms with Gasteiger partial charge >= 0.3 is 0 Å². The topological polar surface area (TPSA) is 86.8 Å². The maximum absolute atomic E-state index is 13.7. The number of carbonyl (C=O) groups excluding carboxylic acids is 2. The van der Waals surface area contributed by atoms with Gasteiger partial charge in [-0.1, -0.05) is 71.7 Å². The summed E-state index contributed by atoms with van der Waals surface area (Å²) in [5.74, 6) is -0.599. The number of carbonyl (C=O) groups is 2. The van der Waals surface area contributed by atoms with E-state index in [4.69, 9.17) is 23.2 Å². The number of anilines is 1. The first-order valence-electron chi connectivity index (χ1n) is 12.5. The summed E-state index contributed by atoms with van der Waals surface area (Å²) in [5, 5.41) is 3.53. The van der Waals surface area contributed by atoms with Gasteiger partial charge in [0.2, 0.25) is 21.8 Å². The first kappa shape index (κ1) is 30.5. The van der Waals surface area contributed by atoms with E-state index in [0.717, 1.165) is 17.4 Å². The maximum atomic E-state index is 13.7. The monoisotopic (exact) mass is 589 g/mol. The first-order chi connectivity index (χ1) is 18.5. The third-order valence-electron chi connectivity index (χ3n) is 6.32. The number of hydrogen-bond acceptors (Lipinski definition) is 4. The van der Waals surface area contributed by atoms with E-state index in [1.807, 2.05) is 43.3 Å². The zero-order chi connectivity index (χ0) is 28.6. The second kappa shape index (κ2) is 13.8. The lowest BCUT2D eigenvalue weighted by atomic mass is 10.0. The van der Waals surface area contributed by atoms with Crippen LogP contribution in [0.15, 0.2) is 72.8 Å². The highest BCUT2D eigenvalue weighted by atomic mass is 35.5. The second-order valence-electron chi connectivity index (χ2n) is 9.35. The van der Waals surface area contributed by atoms with E-state index >= 15 is 0 Å². The SMILES string of the molecule is CNC(=O)[C@@H](Cc1ccccc1)N(Cc1ccc(Cl)cc1Cl)C(=O)CCCN(c1cccc(C)c1)S(C)(=O)=O. The van der Waals surface area contributed by atoms with Crippen molar-refractivity contribution in [1.82, 2.24) is 10.2 Å². The molecule has 0 aromatic heterocycles. The fourth-order valence-electron chi connectivity index (χ4n) is 4.34. The number of likely N-dealkylation sites (N-methyl/N-ethyl adjacent to an activating group) is 1. The number of halogens is 2. The quantitative estimate of drug-likeness (QED) is 0.313. The Morgan fingerprint density at radius 1 is 0.974 bits per heavy atom. The van der Waals surface area contributed by atoms with Crippen molar-refractivity contribution >= 4 is 50.7 Å². The Balaban J connectivity index is 1.87. The van der Waals surface area contributed by atoms with E-state index in [-0.39, 0.29) is 37.7 Å². The molecule has 39 heavy (non-hydrogen) atoms. The van der Waals surface area contributed by atoms with Gasteiger partial charge in [-0.15, -0.1) is 0 Å². The van der Waals surface area contributed by atoms with Crippen molar-refractivity contribution in [3.05, 3.63) is 99.5 Å². The molecular formula is C29H33Cl2N3O4S. The standard InChI is InChI=1S/C29H33Cl2N3O4S/c1-21-9-7-12-25(17-21)34(39(3,37)38)16-8-13-28(35)33(20-23-14-15-24(30)19-26(23)31)27(29(36)32-2)18-22-10-5-4-6-11-22/h4-7,9-12,14-15,17,19,27H,8,13,16,18,20H2,1-3H3,(H,32,36)/t27-/m1/s1. The van der Waals surface area contributed by atoms with E-state index in [1.165, 1.54) is 16.3 Å². The second-order valence-corrected chi connectivity index (χ2v) is 12.1. The molecule has 0 saturated carbocycles. The van der Waals surface area contributed by atoms with Crippen LogP contribution in [0.5, 0.6) is 0 Å². The molecule has 1 N–H and O–H groups in total. The van der Waals surface area contributed by atoms with Gasteiger partial charge in [-0.2, -0.15) is 0 Å². The normalized spacial score (nSPS) is 12.0. The molecular weight excluding hydrogens is 557 g/mol. The van der Waals surface area contributed by atoms with Crippen LogP contribution in [0.2, 0.25) is 10.0 Å². The number of rotatable bonds is 12. The molecule has 10 heteroatoms. The minimum Gasteiger partial charge on any atom is -0.357 e. The van der Waals surface area contributed by atoms with E-state index in [2.05, 4.69) is 5.32 Å². The average Bonchev–Trinajstić information content (AvgIpc) is 2.89. The molecule has 3 rings (SSSR count). The Morgan fingerprint density at radius 3 is 2.31 bits per heavy atom. The number of nitrogens with one attached hydrogen (secondary N) is 1. The Morgan fingerprint density at radius 2 is 1.69 bits per heavy atom. The van der Waals surface area contributed by atoms with Gasteiger partial charge in [0.05, 0.1) is 11.9 Å². The molecule has 208 valence electrons. The van der Waals surface area contributed by atoms with Crippen molar-refractivity contribution in [3.8, 4) is 0 Å². The highest BCUT2D eigenvalue weighted by Crippen LogP contribution is 2.25. The molecule has 2 amide bonds. The molecule has 0 unspecified atom stereocenters. The Labute approximate surface area is 240 Å².